The predicted octanol–water partition coefficient (Wildman–Crippen LogP) is 0.0280. The van der Waals surface area contributed by atoms with Crippen molar-refractivity contribution in [1.82, 2.24) is 14.9 Å². The summed E-state index contributed by atoms with van der Waals surface area (Å²) in [6.45, 7) is 2.59. The fourth-order valence-electron chi connectivity index (χ4n) is 1.99. The molecule has 8 nitrogen and oxygen atoms in total. The molecule has 2 rings (SSSR count). The molecule has 8 heteroatoms. The SMILES string of the molecule is CCOC(=O)C(=O)N1CCC(Oc2cncc(OC)n2)C1. The summed E-state index contributed by atoms with van der Waals surface area (Å²) in [7, 11) is 1.49. The van der Waals surface area contributed by atoms with Gasteiger partial charge in [-0.2, -0.15) is 4.98 Å². The summed E-state index contributed by atoms with van der Waals surface area (Å²) in [5, 5.41) is 0. The van der Waals surface area contributed by atoms with Crippen molar-refractivity contribution in [1.29, 1.82) is 0 Å². The van der Waals surface area contributed by atoms with Crippen LogP contribution in [0.4, 0.5) is 0 Å². The van der Waals surface area contributed by atoms with Gasteiger partial charge in [-0.1, -0.05) is 0 Å². The van der Waals surface area contributed by atoms with Gasteiger partial charge in [0, 0.05) is 13.0 Å². The number of hydrogen-bond donors (Lipinski definition) is 0. The van der Waals surface area contributed by atoms with Crippen LogP contribution in [-0.2, 0) is 14.3 Å². The number of amides is 1. The number of ether oxygens (including phenoxy) is 3. The summed E-state index contributed by atoms with van der Waals surface area (Å²) >= 11 is 0. The molecule has 1 atom stereocenters. The van der Waals surface area contributed by atoms with Crippen molar-refractivity contribution in [2.24, 2.45) is 0 Å². The van der Waals surface area contributed by atoms with Gasteiger partial charge >= 0.3 is 11.9 Å². The van der Waals surface area contributed by atoms with E-state index in [1.165, 1.54) is 24.4 Å². The van der Waals surface area contributed by atoms with Crippen molar-refractivity contribution >= 4 is 11.9 Å². The molecule has 1 aromatic heterocycles. The monoisotopic (exact) mass is 295 g/mol. The highest BCUT2D eigenvalue weighted by molar-refractivity contribution is 6.32. The van der Waals surface area contributed by atoms with Crippen LogP contribution < -0.4 is 9.47 Å². The van der Waals surface area contributed by atoms with Gasteiger partial charge in [0.25, 0.3) is 0 Å². The minimum absolute atomic E-state index is 0.178. The van der Waals surface area contributed by atoms with Crippen LogP contribution in [0.3, 0.4) is 0 Å². The Kier molecular flexibility index (Phi) is 4.91. The fraction of sp³-hybridized carbons (Fsp3) is 0.538. The molecule has 1 aliphatic rings. The number of methoxy groups -OCH3 is 1. The molecular weight excluding hydrogens is 278 g/mol. The van der Waals surface area contributed by atoms with Crippen LogP contribution in [0.5, 0.6) is 11.8 Å². The third-order valence-corrected chi connectivity index (χ3v) is 2.97. The first-order chi connectivity index (χ1) is 10.1. The Morgan fingerprint density at radius 2 is 2.14 bits per heavy atom. The molecule has 21 heavy (non-hydrogen) atoms. The first-order valence-electron chi connectivity index (χ1n) is 6.62. The van der Waals surface area contributed by atoms with E-state index in [9.17, 15) is 9.59 Å². The summed E-state index contributed by atoms with van der Waals surface area (Å²) in [4.78, 5) is 32.6. The highest BCUT2D eigenvalue weighted by Gasteiger charge is 2.32. The lowest BCUT2D eigenvalue weighted by Crippen LogP contribution is -2.37. The Hall–Kier alpha value is -2.38. The number of rotatable bonds is 4. The molecule has 1 unspecified atom stereocenters. The lowest BCUT2D eigenvalue weighted by atomic mass is 10.3. The van der Waals surface area contributed by atoms with Gasteiger partial charge < -0.3 is 19.1 Å². The number of carbonyl (C=O) groups is 2. The van der Waals surface area contributed by atoms with Crippen molar-refractivity contribution in [3.05, 3.63) is 12.4 Å². The third kappa shape index (κ3) is 3.80. The summed E-state index contributed by atoms with van der Waals surface area (Å²) in [6, 6.07) is 0. The Balaban J connectivity index is 1.90. The van der Waals surface area contributed by atoms with Gasteiger partial charge in [-0.25, -0.2) is 4.79 Å². The van der Waals surface area contributed by atoms with E-state index in [1.54, 1.807) is 6.92 Å². The van der Waals surface area contributed by atoms with Crippen molar-refractivity contribution in [2.75, 3.05) is 26.8 Å². The lowest BCUT2D eigenvalue weighted by Gasteiger charge is -2.15. The molecule has 0 spiro atoms. The van der Waals surface area contributed by atoms with E-state index < -0.39 is 11.9 Å². The van der Waals surface area contributed by atoms with Crippen LogP contribution in [0.15, 0.2) is 12.4 Å². The van der Waals surface area contributed by atoms with Crippen molar-refractivity contribution in [2.45, 2.75) is 19.4 Å². The zero-order valence-electron chi connectivity index (χ0n) is 11.9. The highest BCUT2D eigenvalue weighted by atomic mass is 16.5. The van der Waals surface area contributed by atoms with E-state index in [-0.39, 0.29) is 12.7 Å². The second-order valence-electron chi connectivity index (χ2n) is 4.40. The smallest absolute Gasteiger partial charge is 0.397 e. The summed E-state index contributed by atoms with van der Waals surface area (Å²) < 4.78 is 15.3. The number of nitrogens with zero attached hydrogens (tertiary/aromatic N) is 3. The Morgan fingerprint density at radius 3 is 2.86 bits per heavy atom. The van der Waals surface area contributed by atoms with Gasteiger partial charge in [-0.3, -0.25) is 9.78 Å². The van der Waals surface area contributed by atoms with Crippen LogP contribution >= 0.6 is 0 Å². The highest BCUT2D eigenvalue weighted by Crippen LogP contribution is 2.18. The molecule has 0 aromatic carbocycles. The third-order valence-electron chi connectivity index (χ3n) is 2.97. The minimum atomic E-state index is -0.834. The van der Waals surface area contributed by atoms with Gasteiger partial charge in [0.1, 0.15) is 6.10 Å². The van der Waals surface area contributed by atoms with Gasteiger partial charge in [0.2, 0.25) is 11.8 Å². The van der Waals surface area contributed by atoms with E-state index in [4.69, 9.17) is 14.2 Å². The van der Waals surface area contributed by atoms with E-state index >= 15 is 0 Å². The van der Waals surface area contributed by atoms with E-state index in [0.717, 1.165) is 0 Å². The first kappa shape index (κ1) is 15.0. The van der Waals surface area contributed by atoms with Crippen LogP contribution in [0, 0.1) is 0 Å². The fourth-order valence-corrected chi connectivity index (χ4v) is 1.99. The number of esters is 1. The maximum atomic E-state index is 11.8. The average Bonchev–Trinajstić information content (AvgIpc) is 2.95. The zero-order valence-corrected chi connectivity index (χ0v) is 11.9. The molecule has 1 aromatic rings. The molecule has 1 saturated heterocycles. The standard InChI is InChI=1S/C13H17N3O5/c1-3-20-13(18)12(17)16-5-4-9(8-16)21-11-7-14-6-10(15-11)19-2/h6-7,9H,3-5,8H2,1-2H3. The van der Waals surface area contributed by atoms with Gasteiger partial charge in [-0.15, -0.1) is 0 Å². The first-order valence-corrected chi connectivity index (χ1v) is 6.62. The molecule has 1 fully saturated rings. The maximum Gasteiger partial charge on any atom is 0.397 e. The molecule has 114 valence electrons. The molecule has 0 N–H and O–H groups in total. The molecule has 0 radical (unpaired) electrons. The summed E-state index contributed by atoms with van der Waals surface area (Å²) in [6.07, 6.45) is 3.32. The second-order valence-corrected chi connectivity index (χ2v) is 4.40. The van der Waals surface area contributed by atoms with Crippen LogP contribution in [0.1, 0.15) is 13.3 Å². The van der Waals surface area contributed by atoms with Crippen molar-refractivity contribution in [3.8, 4) is 11.8 Å². The molecule has 1 aliphatic heterocycles. The van der Waals surface area contributed by atoms with Gasteiger partial charge in [-0.05, 0) is 6.92 Å². The average molecular weight is 295 g/mol. The Labute approximate surface area is 122 Å². The Morgan fingerprint density at radius 1 is 1.38 bits per heavy atom. The second kappa shape index (κ2) is 6.87. The normalized spacial score (nSPS) is 17.4. The van der Waals surface area contributed by atoms with Crippen molar-refractivity contribution in [3.63, 3.8) is 0 Å². The molecule has 2 heterocycles. The predicted molar refractivity (Wildman–Crippen MR) is 70.8 cm³/mol. The summed E-state index contributed by atoms with van der Waals surface area (Å²) in [5.74, 6) is -0.797. The van der Waals surface area contributed by atoms with Gasteiger partial charge in [0.15, 0.2) is 0 Å². The number of carbonyl (C=O) groups excluding carboxylic acids is 2. The molecule has 0 aliphatic carbocycles. The zero-order chi connectivity index (χ0) is 15.2. The van der Waals surface area contributed by atoms with E-state index in [2.05, 4.69) is 9.97 Å². The molecule has 1 amide bonds. The molecule has 0 saturated carbocycles. The largest absolute Gasteiger partial charge is 0.480 e. The Bertz CT molecular complexity index is 522. The van der Waals surface area contributed by atoms with Crippen LogP contribution in [-0.4, -0.2) is 59.7 Å². The van der Waals surface area contributed by atoms with E-state index in [1.807, 2.05) is 0 Å². The summed E-state index contributed by atoms with van der Waals surface area (Å²) in [5.41, 5.74) is 0. The van der Waals surface area contributed by atoms with Crippen LogP contribution in [0.25, 0.3) is 0 Å². The minimum Gasteiger partial charge on any atom is -0.480 e. The topological polar surface area (TPSA) is 90.9 Å². The maximum absolute atomic E-state index is 11.8. The van der Waals surface area contributed by atoms with Gasteiger partial charge in [0.05, 0.1) is 32.7 Å². The number of hydrogen-bond acceptors (Lipinski definition) is 7. The molecule has 0 bridgehead atoms. The van der Waals surface area contributed by atoms with E-state index in [0.29, 0.717) is 31.3 Å². The van der Waals surface area contributed by atoms with Crippen LogP contribution in [0.2, 0.25) is 0 Å². The quantitative estimate of drug-likeness (QED) is 0.571. The lowest BCUT2D eigenvalue weighted by molar-refractivity contribution is -0.159. The number of likely N-dealkylation sites (tertiary alicyclic amines) is 1. The molecular formula is C13H17N3O5. The number of aromatic nitrogens is 2. The van der Waals surface area contributed by atoms with Crippen molar-refractivity contribution < 1.29 is 23.8 Å².